The molecule has 0 atom stereocenters. The molecule has 164 valence electrons. The number of carbonyl (C=O) groups is 1. The molecule has 0 bridgehead atoms. The summed E-state index contributed by atoms with van der Waals surface area (Å²) in [5.74, 6) is 0.749. The van der Waals surface area contributed by atoms with Crippen LogP contribution in [0.3, 0.4) is 0 Å². The van der Waals surface area contributed by atoms with Crippen molar-refractivity contribution in [1.29, 1.82) is 0 Å². The first-order valence-electron chi connectivity index (χ1n) is 10.2. The van der Waals surface area contributed by atoms with E-state index in [0.717, 1.165) is 35.3 Å². The standard InChI is InChI=1S/C24H28N2O4S/c1-18-7-4-8-19(2)23(18)26(31(3,28)29)17-20-11-13-21(14-12-20)24(27)25-15-5-9-22-10-6-16-30-22/h4,6-8,10-14,16H,5,9,15,17H2,1-3H3,(H,25,27). The average Bonchev–Trinajstić information content (AvgIpc) is 3.23. The van der Waals surface area contributed by atoms with Crippen LogP contribution in [-0.4, -0.2) is 27.1 Å². The van der Waals surface area contributed by atoms with E-state index in [1.54, 1.807) is 30.5 Å². The monoisotopic (exact) mass is 440 g/mol. The summed E-state index contributed by atoms with van der Waals surface area (Å²) < 4.78 is 31.7. The molecule has 0 unspecified atom stereocenters. The van der Waals surface area contributed by atoms with Crippen LogP contribution in [-0.2, 0) is 23.0 Å². The quantitative estimate of drug-likeness (QED) is 0.505. The van der Waals surface area contributed by atoms with E-state index in [1.807, 2.05) is 44.2 Å². The zero-order chi connectivity index (χ0) is 22.4. The zero-order valence-corrected chi connectivity index (χ0v) is 18.9. The molecular weight excluding hydrogens is 412 g/mol. The summed E-state index contributed by atoms with van der Waals surface area (Å²) >= 11 is 0. The van der Waals surface area contributed by atoms with Gasteiger partial charge in [0.25, 0.3) is 5.91 Å². The Hall–Kier alpha value is -3.06. The molecule has 1 heterocycles. The molecule has 0 radical (unpaired) electrons. The average molecular weight is 441 g/mol. The zero-order valence-electron chi connectivity index (χ0n) is 18.1. The van der Waals surface area contributed by atoms with Gasteiger partial charge in [-0.25, -0.2) is 8.42 Å². The minimum atomic E-state index is -3.47. The Morgan fingerprint density at radius 1 is 1.00 bits per heavy atom. The number of nitrogens with one attached hydrogen (secondary N) is 1. The molecule has 1 N–H and O–H groups in total. The summed E-state index contributed by atoms with van der Waals surface area (Å²) in [6.45, 7) is 4.56. The summed E-state index contributed by atoms with van der Waals surface area (Å²) in [6.07, 6.45) is 4.41. The van der Waals surface area contributed by atoms with Crippen LogP contribution in [0.25, 0.3) is 0 Å². The van der Waals surface area contributed by atoms with Gasteiger partial charge in [0.05, 0.1) is 24.8 Å². The van der Waals surface area contributed by atoms with E-state index in [4.69, 9.17) is 4.42 Å². The molecule has 7 heteroatoms. The van der Waals surface area contributed by atoms with E-state index in [2.05, 4.69) is 5.32 Å². The molecule has 2 aromatic carbocycles. The van der Waals surface area contributed by atoms with E-state index in [-0.39, 0.29) is 12.5 Å². The maximum absolute atomic E-state index is 12.5. The van der Waals surface area contributed by atoms with Crippen LogP contribution in [0, 0.1) is 13.8 Å². The van der Waals surface area contributed by atoms with E-state index in [0.29, 0.717) is 17.8 Å². The lowest BCUT2D eigenvalue weighted by atomic mass is 10.1. The molecule has 0 saturated heterocycles. The predicted molar refractivity (Wildman–Crippen MR) is 123 cm³/mol. The first-order chi connectivity index (χ1) is 14.8. The molecule has 0 spiro atoms. The highest BCUT2D eigenvalue weighted by Crippen LogP contribution is 2.28. The third-order valence-corrected chi connectivity index (χ3v) is 6.21. The van der Waals surface area contributed by atoms with Gasteiger partial charge in [-0.15, -0.1) is 0 Å². The normalized spacial score (nSPS) is 11.3. The minimum Gasteiger partial charge on any atom is -0.469 e. The minimum absolute atomic E-state index is 0.152. The van der Waals surface area contributed by atoms with Gasteiger partial charge < -0.3 is 9.73 Å². The Labute approximate surface area is 183 Å². The van der Waals surface area contributed by atoms with Gasteiger partial charge in [0.1, 0.15) is 5.76 Å². The van der Waals surface area contributed by atoms with Gasteiger partial charge in [-0.1, -0.05) is 30.3 Å². The molecule has 0 saturated carbocycles. The highest BCUT2D eigenvalue weighted by molar-refractivity contribution is 7.92. The van der Waals surface area contributed by atoms with E-state index < -0.39 is 10.0 Å². The van der Waals surface area contributed by atoms with E-state index in [9.17, 15) is 13.2 Å². The van der Waals surface area contributed by atoms with Crippen molar-refractivity contribution < 1.29 is 17.6 Å². The van der Waals surface area contributed by atoms with Gasteiger partial charge in [-0.3, -0.25) is 9.10 Å². The Bertz CT molecular complexity index is 1100. The molecular formula is C24H28N2O4S. The third-order valence-electron chi connectivity index (χ3n) is 5.10. The van der Waals surface area contributed by atoms with Crippen LogP contribution in [0.4, 0.5) is 5.69 Å². The third kappa shape index (κ3) is 5.98. The lowest BCUT2D eigenvalue weighted by Gasteiger charge is -2.26. The van der Waals surface area contributed by atoms with Crippen molar-refractivity contribution in [1.82, 2.24) is 5.32 Å². The van der Waals surface area contributed by atoms with E-state index in [1.165, 1.54) is 10.6 Å². The van der Waals surface area contributed by atoms with E-state index >= 15 is 0 Å². The fourth-order valence-electron chi connectivity index (χ4n) is 3.51. The summed E-state index contributed by atoms with van der Waals surface area (Å²) in [5, 5.41) is 2.90. The van der Waals surface area contributed by atoms with Gasteiger partial charge in [0, 0.05) is 18.5 Å². The molecule has 3 rings (SSSR count). The topological polar surface area (TPSA) is 79.6 Å². The van der Waals surface area contributed by atoms with Crippen molar-refractivity contribution in [2.24, 2.45) is 0 Å². The number of carbonyl (C=O) groups excluding carboxylic acids is 1. The SMILES string of the molecule is Cc1cccc(C)c1N(Cc1ccc(C(=O)NCCCc2ccco2)cc1)S(C)(=O)=O. The van der Waals surface area contributed by atoms with Crippen LogP contribution in [0.1, 0.15) is 39.2 Å². The Kier molecular flexibility index (Phi) is 7.17. The van der Waals surface area contributed by atoms with Crippen LogP contribution < -0.4 is 9.62 Å². The van der Waals surface area contributed by atoms with Crippen molar-refractivity contribution >= 4 is 21.6 Å². The summed E-state index contributed by atoms with van der Waals surface area (Å²) in [7, 11) is -3.47. The van der Waals surface area contributed by atoms with Gasteiger partial charge in [0.15, 0.2) is 0 Å². The molecule has 0 aliphatic rings. The number of hydrogen-bond donors (Lipinski definition) is 1. The lowest BCUT2D eigenvalue weighted by Crippen LogP contribution is -2.30. The maximum atomic E-state index is 12.5. The molecule has 3 aromatic rings. The van der Waals surface area contributed by atoms with Crippen molar-refractivity contribution in [2.75, 3.05) is 17.1 Å². The second-order valence-electron chi connectivity index (χ2n) is 7.65. The molecule has 1 aromatic heterocycles. The molecule has 6 nitrogen and oxygen atoms in total. The highest BCUT2D eigenvalue weighted by atomic mass is 32.2. The number of benzene rings is 2. The van der Waals surface area contributed by atoms with Crippen molar-refractivity contribution in [3.05, 3.63) is 88.9 Å². The van der Waals surface area contributed by atoms with Crippen LogP contribution in [0.5, 0.6) is 0 Å². The molecule has 0 aliphatic carbocycles. The number of nitrogens with zero attached hydrogens (tertiary/aromatic N) is 1. The van der Waals surface area contributed by atoms with Crippen molar-refractivity contribution in [3.8, 4) is 0 Å². The summed E-state index contributed by atoms with van der Waals surface area (Å²) in [5.41, 5.74) is 3.84. The Morgan fingerprint density at radius 3 is 2.26 bits per heavy atom. The number of para-hydroxylation sites is 1. The van der Waals surface area contributed by atoms with Crippen molar-refractivity contribution in [3.63, 3.8) is 0 Å². The number of amides is 1. The second-order valence-corrected chi connectivity index (χ2v) is 9.55. The predicted octanol–water partition coefficient (Wildman–Crippen LogP) is 4.23. The first kappa shape index (κ1) is 22.6. The van der Waals surface area contributed by atoms with Crippen LogP contribution in [0.2, 0.25) is 0 Å². The van der Waals surface area contributed by atoms with Crippen LogP contribution >= 0.6 is 0 Å². The number of sulfonamides is 1. The second kappa shape index (κ2) is 9.83. The fraction of sp³-hybridized carbons (Fsp3) is 0.292. The maximum Gasteiger partial charge on any atom is 0.251 e. The number of hydrogen-bond acceptors (Lipinski definition) is 4. The molecule has 1 amide bonds. The number of anilines is 1. The van der Waals surface area contributed by atoms with Gasteiger partial charge >= 0.3 is 0 Å². The first-order valence-corrected chi connectivity index (χ1v) is 12.0. The van der Waals surface area contributed by atoms with Crippen LogP contribution in [0.15, 0.2) is 65.3 Å². The van der Waals surface area contributed by atoms with Gasteiger partial charge in [-0.05, 0) is 61.2 Å². The Morgan fingerprint density at radius 2 is 1.68 bits per heavy atom. The molecule has 0 fully saturated rings. The lowest BCUT2D eigenvalue weighted by molar-refractivity contribution is 0.0953. The smallest absolute Gasteiger partial charge is 0.251 e. The Balaban J connectivity index is 1.64. The summed E-state index contributed by atoms with van der Waals surface area (Å²) in [4.78, 5) is 12.4. The number of furan rings is 1. The number of rotatable bonds is 9. The van der Waals surface area contributed by atoms with Crippen molar-refractivity contribution in [2.45, 2.75) is 33.2 Å². The molecule has 0 aliphatic heterocycles. The van der Waals surface area contributed by atoms with Gasteiger partial charge in [-0.2, -0.15) is 0 Å². The molecule has 31 heavy (non-hydrogen) atoms. The summed E-state index contributed by atoms with van der Waals surface area (Å²) in [6, 6.07) is 16.5. The fourth-order valence-corrected chi connectivity index (χ4v) is 4.51. The van der Waals surface area contributed by atoms with Gasteiger partial charge in [0.2, 0.25) is 10.0 Å². The number of aryl methyl sites for hydroxylation is 3. The highest BCUT2D eigenvalue weighted by Gasteiger charge is 2.21. The largest absolute Gasteiger partial charge is 0.469 e.